The summed E-state index contributed by atoms with van der Waals surface area (Å²) in [5.74, 6) is 0.255. The molecule has 0 saturated carbocycles. The second kappa shape index (κ2) is 7.16. The molecule has 1 aromatic heterocycles. The fraction of sp³-hybridized carbons (Fsp3) is 0.353. The molecule has 3 nitrogen and oxygen atoms in total. The zero-order valence-corrected chi connectivity index (χ0v) is 13.9. The van der Waals surface area contributed by atoms with Crippen molar-refractivity contribution < 1.29 is 4.79 Å². The first-order valence-electron chi connectivity index (χ1n) is 7.52. The van der Waals surface area contributed by atoms with E-state index in [1.54, 1.807) is 11.3 Å². The highest BCUT2D eigenvalue weighted by atomic mass is 35.5. The highest BCUT2D eigenvalue weighted by Gasteiger charge is 2.21. The summed E-state index contributed by atoms with van der Waals surface area (Å²) in [6.45, 7) is 3.23. The van der Waals surface area contributed by atoms with Crippen molar-refractivity contribution in [2.45, 2.75) is 12.8 Å². The van der Waals surface area contributed by atoms with Crippen LogP contribution in [0, 0.1) is 0 Å². The van der Waals surface area contributed by atoms with Crippen LogP contribution in [0.3, 0.4) is 0 Å². The lowest BCUT2D eigenvalue weighted by Gasteiger charge is -2.36. The third-order valence-corrected chi connectivity index (χ3v) is 5.08. The maximum absolute atomic E-state index is 12.3. The van der Waals surface area contributed by atoms with E-state index in [0.717, 1.165) is 43.3 Å². The van der Waals surface area contributed by atoms with Crippen LogP contribution in [-0.2, 0) is 11.2 Å². The molecule has 3 rings (SSSR count). The van der Waals surface area contributed by atoms with Gasteiger partial charge in [0.15, 0.2) is 0 Å². The van der Waals surface area contributed by atoms with Crippen molar-refractivity contribution in [3.05, 3.63) is 51.7 Å². The molecule has 22 heavy (non-hydrogen) atoms. The van der Waals surface area contributed by atoms with E-state index in [1.165, 1.54) is 5.56 Å². The smallest absolute Gasteiger partial charge is 0.223 e. The van der Waals surface area contributed by atoms with Crippen molar-refractivity contribution in [2.24, 2.45) is 0 Å². The van der Waals surface area contributed by atoms with Crippen LogP contribution in [0.5, 0.6) is 0 Å². The number of aryl methyl sites for hydroxylation is 1. The van der Waals surface area contributed by atoms with Crippen LogP contribution < -0.4 is 4.90 Å². The number of thiophene rings is 1. The predicted molar refractivity (Wildman–Crippen MR) is 92.9 cm³/mol. The van der Waals surface area contributed by atoms with Crippen LogP contribution in [0.4, 0.5) is 5.69 Å². The fourth-order valence-corrected chi connectivity index (χ4v) is 3.71. The highest BCUT2D eigenvalue weighted by Crippen LogP contribution is 2.26. The number of halogens is 1. The largest absolute Gasteiger partial charge is 0.367 e. The van der Waals surface area contributed by atoms with E-state index in [0.29, 0.717) is 6.42 Å². The van der Waals surface area contributed by atoms with Gasteiger partial charge in [-0.3, -0.25) is 4.79 Å². The quantitative estimate of drug-likeness (QED) is 0.851. The molecule has 0 bridgehead atoms. The lowest BCUT2D eigenvalue weighted by Crippen LogP contribution is -2.48. The lowest BCUT2D eigenvalue weighted by molar-refractivity contribution is -0.131. The minimum Gasteiger partial charge on any atom is -0.367 e. The molecule has 0 atom stereocenters. The molecule has 0 N–H and O–H groups in total. The Balaban J connectivity index is 1.51. The van der Waals surface area contributed by atoms with Crippen molar-refractivity contribution in [3.8, 4) is 0 Å². The van der Waals surface area contributed by atoms with Gasteiger partial charge in [-0.2, -0.15) is 11.3 Å². The minimum atomic E-state index is 0.255. The van der Waals surface area contributed by atoms with Gasteiger partial charge in [-0.05, 0) is 40.9 Å². The van der Waals surface area contributed by atoms with E-state index in [1.807, 2.05) is 29.2 Å². The number of nitrogens with zero attached hydrogens (tertiary/aromatic N) is 2. The summed E-state index contributed by atoms with van der Waals surface area (Å²) in [6, 6.07) is 9.98. The number of amides is 1. The fourth-order valence-electron chi connectivity index (χ4n) is 2.75. The standard InChI is InChI=1S/C17H19ClN2OS/c18-15-3-1-2-4-16(15)19-8-10-20(11-9-19)17(21)6-5-14-7-12-22-13-14/h1-4,7,12-13H,5-6,8-11H2. The number of carbonyl (C=O) groups is 1. The molecular formula is C17H19ClN2OS. The molecule has 1 aliphatic rings. The molecule has 2 aromatic rings. The van der Waals surface area contributed by atoms with Crippen molar-refractivity contribution in [2.75, 3.05) is 31.1 Å². The number of hydrogen-bond acceptors (Lipinski definition) is 3. The summed E-state index contributed by atoms with van der Waals surface area (Å²) in [7, 11) is 0. The molecule has 1 amide bonds. The SMILES string of the molecule is O=C(CCc1ccsc1)N1CCN(c2ccccc2Cl)CC1. The minimum absolute atomic E-state index is 0.255. The van der Waals surface area contributed by atoms with Gasteiger partial charge in [0, 0.05) is 32.6 Å². The number of hydrogen-bond donors (Lipinski definition) is 0. The second-order valence-electron chi connectivity index (χ2n) is 5.45. The van der Waals surface area contributed by atoms with Gasteiger partial charge in [0.25, 0.3) is 0 Å². The van der Waals surface area contributed by atoms with Gasteiger partial charge >= 0.3 is 0 Å². The van der Waals surface area contributed by atoms with Crippen LogP contribution in [0.1, 0.15) is 12.0 Å². The van der Waals surface area contributed by atoms with Gasteiger partial charge < -0.3 is 9.80 Å². The Hall–Kier alpha value is -1.52. The van der Waals surface area contributed by atoms with Crippen LogP contribution in [0.25, 0.3) is 0 Å². The Morgan fingerprint density at radius 3 is 2.59 bits per heavy atom. The lowest BCUT2D eigenvalue weighted by atomic mass is 10.1. The molecular weight excluding hydrogens is 316 g/mol. The maximum Gasteiger partial charge on any atom is 0.223 e. The van der Waals surface area contributed by atoms with Crippen molar-refractivity contribution >= 4 is 34.5 Å². The zero-order valence-electron chi connectivity index (χ0n) is 12.4. The molecule has 1 aliphatic heterocycles. The van der Waals surface area contributed by atoms with Gasteiger partial charge in [-0.25, -0.2) is 0 Å². The molecule has 0 unspecified atom stereocenters. The summed E-state index contributed by atoms with van der Waals surface area (Å²) >= 11 is 7.92. The highest BCUT2D eigenvalue weighted by molar-refractivity contribution is 7.07. The average Bonchev–Trinajstić information content (AvgIpc) is 3.07. The topological polar surface area (TPSA) is 23.6 Å². The number of para-hydroxylation sites is 1. The summed E-state index contributed by atoms with van der Waals surface area (Å²) in [5, 5.41) is 4.95. The molecule has 0 aliphatic carbocycles. The number of piperazine rings is 1. The Labute approximate surface area is 140 Å². The van der Waals surface area contributed by atoms with Crippen LogP contribution in [-0.4, -0.2) is 37.0 Å². The molecule has 0 spiro atoms. The molecule has 1 saturated heterocycles. The summed E-state index contributed by atoms with van der Waals surface area (Å²) in [5.41, 5.74) is 2.32. The van der Waals surface area contributed by atoms with Gasteiger partial charge in [0.05, 0.1) is 10.7 Å². The molecule has 1 fully saturated rings. The Kier molecular flexibility index (Phi) is 5.01. The summed E-state index contributed by atoms with van der Waals surface area (Å²) in [6.07, 6.45) is 1.44. The molecule has 0 radical (unpaired) electrons. The van der Waals surface area contributed by atoms with Gasteiger partial charge in [-0.1, -0.05) is 23.7 Å². The van der Waals surface area contributed by atoms with Crippen molar-refractivity contribution in [3.63, 3.8) is 0 Å². The third-order valence-electron chi connectivity index (χ3n) is 4.03. The number of carbonyl (C=O) groups excluding carboxylic acids is 1. The Morgan fingerprint density at radius 2 is 1.91 bits per heavy atom. The predicted octanol–water partition coefficient (Wildman–Crippen LogP) is 3.68. The molecule has 5 heteroatoms. The van der Waals surface area contributed by atoms with E-state index < -0.39 is 0 Å². The summed E-state index contributed by atoms with van der Waals surface area (Å²) in [4.78, 5) is 16.5. The van der Waals surface area contributed by atoms with Crippen molar-refractivity contribution in [1.29, 1.82) is 0 Å². The van der Waals surface area contributed by atoms with Crippen LogP contribution >= 0.6 is 22.9 Å². The average molecular weight is 335 g/mol. The monoisotopic (exact) mass is 334 g/mol. The first-order valence-corrected chi connectivity index (χ1v) is 8.84. The van der Waals surface area contributed by atoms with E-state index in [9.17, 15) is 4.79 Å². The Morgan fingerprint density at radius 1 is 1.14 bits per heavy atom. The van der Waals surface area contributed by atoms with E-state index in [2.05, 4.69) is 21.7 Å². The maximum atomic E-state index is 12.3. The molecule has 116 valence electrons. The van der Waals surface area contributed by atoms with Gasteiger partial charge in [0.1, 0.15) is 0 Å². The van der Waals surface area contributed by atoms with Crippen molar-refractivity contribution in [1.82, 2.24) is 4.90 Å². The van der Waals surface area contributed by atoms with Gasteiger partial charge in [0.2, 0.25) is 5.91 Å². The van der Waals surface area contributed by atoms with Gasteiger partial charge in [-0.15, -0.1) is 0 Å². The Bertz CT molecular complexity index is 621. The van der Waals surface area contributed by atoms with E-state index >= 15 is 0 Å². The van der Waals surface area contributed by atoms with Crippen LogP contribution in [0.2, 0.25) is 5.02 Å². The van der Waals surface area contributed by atoms with Crippen LogP contribution in [0.15, 0.2) is 41.1 Å². The normalized spacial score (nSPS) is 15.1. The third kappa shape index (κ3) is 3.62. The van der Waals surface area contributed by atoms with E-state index in [-0.39, 0.29) is 5.91 Å². The number of rotatable bonds is 4. The molecule has 2 heterocycles. The summed E-state index contributed by atoms with van der Waals surface area (Å²) < 4.78 is 0. The number of anilines is 1. The first-order chi connectivity index (χ1) is 10.7. The number of benzene rings is 1. The second-order valence-corrected chi connectivity index (χ2v) is 6.64. The molecule has 1 aromatic carbocycles. The zero-order chi connectivity index (χ0) is 15.4. The first kappa shape index (κ1) is 15.4. The van der Waals surface area contributed by atoms with E-state index in [4.69, 9.17) is 11.6 Å².